The van der Waals surface area contributed by atoms with Crippen LogP contribution in [0.2, 0.25) is 0 Å². The second kappa shape index (κ2) is 13.1. The summed E-state index contributed by atoms with van der Waals surface area (Å²) in [5, 5.41) is 5.03. The van der Waals surface area contributed by atoms with Crippen molar-refractivity contribution in [1.82, 2.24) is 0 Å². The van der Waals surface area contributed by atoms with Gasteiger partial charge in [0.15, 0.2) is 0 Å². The summed E-state index contributed by atoms with van der Waals surface area (Å²) in [6, 6.07) is 51.0. The van der Waals surface area contributed by atoms with Crippen molar-refractivity contribution in [3.05, 3.63) is 165 Å². The quantitative estimate of drug-likeness (QED) is 0.154. The zero-order chi connectivity index (χ0) is 39.6. The summed E-state index contributed by atoms with van der Waals surface area (Å²) in [7, 11) is 0. The highest BCUT2D eigenvalue weighted by molar-refractivity contribution is 9.10. The van der Waals surface area contributed by atoms with Crippen LogP contribution in [0.25, 0.3) is 21.5 Å². The number of rotatable bonds is 6. The Labute approximate surface area is 360 Å². The van der Waals surface area contributed by atoms with Gasteiger partial charge in [-0.1, -0.05) is 96.0 Å². The van der Waals surface area contributed by atoms with E-state index >= 15 is 0 Å². The van der Waals surface area contributed by atoms with Crippen molar-refractivity contribution in [2.24, 2.45) is 0 Å². The van der Waals surface area contributed by atoms with Crippen molar-refractivity contribution in [1.29, 1.82) is 0 Å². The fourth-order valence-electron chi connectivity index (χ4n) is 11.6. The fraction of sp³-hybridized carbons (Fsp3) is 0.296. The molecule has 0 N–H and O–H groups in total. The Balaban J connectivity index is 1.01. The van der Waals surface area contributed by atoms with E-state index in [4.69, 9.17) is 0 Å². The minimum atomic E-state index is 0.249. The number of hydrogen-bond acceptors (Lipinski definition) is 2. The minimum absolute atomic E-state index is 0.249. The number of anilines is 6. The van der Waals surface area contributed by atoms with E-state index in [-0.39, 0.29) is 10.8 Å². The predicted octanol–water partition coefficient (Wildman–Crippen LogP) is 16.7. The smallest absolute Gasteiger partial charge is 0.0468 e. The maximum absolute atomic E-state index is 3.69. The van der Waals surface area contributed by atoms with Crippen molar-refractivity contribution >= 4 is 87.5 Å². The summed E-state index contributed by atoms with van der Waals surface area (Å²) in [4.78, 5) is 4.91. The lowest BCUT2D eigenvalue weighted by Crippen LogP contribution is -2.44. The van der Waals surface area contributed by atoms with Gasteiger partial charge in [0, 0.05) is 43.1 Å². The van der Waals surface area contributed by atoms with Crippen molar-refractivity contribution in [3.63, 3.8) is 0 Å². The summed E-state index contributed by atoms with van der Waals surface area (Å²) in [5.41, 5.74) is 14.5. The summed E-state index contributed by atoms with van der Waals surface area (Å²) < 4.78 is 2.18. The molecule has 0 unspecified atom stereocenters. The second-order valence-electron chi connectivity index (χ2n) is 19.2. The van der Waals surface area contributed by atoms with Gasteiger partial charge in [-0.15, -0.1) is 0 Å². The molecule has 2 fully saturated rings. The van der Waals surface area contributed by atoms with E-state index < -0.39 is 0 Å². The Morgan fingerprint density at radius 1 is 0.328 bits per heavy atom. The van der Waals surface area contributed by atoms with Crippen LogP contribution in [-0.4, -0.2) is 0 Å². The number of benzene rings is 7. The second-order valence-corrected chi connectivity index (χ2v) is 21.0. The molecule has 2 nitrogen and oxygen atoms in total. The van der Waals surface area contributed by atoms with E-state index in [2.05, 4.69) is 203 Å². The highest BCUT2D eigenvalue weighted by Gasteiger charge is 2.49. The molecule has 0 aromatic heterocycles. The van der Waals surface area contributed by atoms with E-state index in [0.29, 0.717) is 10.8 Å². The molecule has 0 radical (unpaired) electrons. The van der Waals surface area contributed by atoms with Gasteiger partial charge in [0.1, 0.15) is 0 Å². The Kier molecular flexibility index (Phi) is 8.26. The molecule has 58 heavy (non-hydrogen) atoms. The van der Waals surface area contributed by atoms with Crippen LogP contribution in [0, 0.1) is 0 Å². The standard InChI is InChI=1S/C54H50Br2N2/c1-51-23-27-53(3,28-24-51)49-33-43(17-21-47(49)51)57(39-11-7-37(55)8-12-39)41-15-19-45-35(31-41)5-6-36-32-42(16-20-46(36)45)58(40-13-9-38(56)10-14-40)44-18-22-48-50(34-44)54(4)29-25-52(48,2)26-30-54/h5-22,31-34H,23-30H2,1-4H3. The average molecular weight is 887 g/mol. The van der Waals surface area contributed by atoms with Gasteiger partial charge in [-0.3, -0.25) is 0 Å². The first-order valence-electron chi connectivity index (χ1n) is 21.3. The summed E-state index contributed by atoms with van der Waals surface area (Å²) in [6.45, 7) is 9.98. The molecular weight excluding hydrogens is 836 g/mol. The molecule has 4 heteroatoms. The third kappa shape index (κ3) is 5.68. The number of nitrogens with zero attached hydrogens (tertiary/aromatic N) is 2. The summed E-state index contributed by atoms with van der Waals surface area (Å²) in [5.74, 6) is 0. The lowest BCUT2D eigenvalue weighted by atomic mass is 9.52. The van der Waals surface area contributed by atoms with Gasteiger partial charge >= 0.3 is 0 Å². The first-order valence-corrected chi connectivity index (χ1v) is 22.9. The van der Waals surface area contributed by atoms with E-state index in [1.165, 1.54) is 95.7 Å². The molecule has 7 aromatic carbocycles. The van der Waals surface area contributed by atoms with E-state index in [9.17, 15) is 0 Å². The number of halogens is 2. The molecule has 6 aliphatic carbocycles. The van der Waals surface area contributed by atoms with Gasteiger partial charge in [-0.25, -0.2) is 0 Å². The topological polar surface area (TPSA) is 6.48 Å². The van der Waals surface area contributed by atoms with Crippen molar-refractivity contribution in [2.45, 2.75) is 101 Å². The van der Waals surface area contributed by atoms with Crippen LogP contribution in [0.3, 0.4) is 0 Å². The van der Waals surface area contributed by atoms with Crippen molar-refractivity contribution in [2.75, 3.05) is 9.80 Å². The lowest BCUT2D eigenvalue weighted by Gasteiger charge is -2.52. The SMILES string of the molecule is CC12CCC(C)(CC1)c1cc(N(c3ccc(Br)cc3)c3ccc4c(ccc5cc(N(c6ccc(Br)cc6)c6ccc7c(c6)C6(C)CCC7(C)CC6)ccc54)c3)ccc12. The summed E-state index contributed by atoms with van der Waals surface area (Å²) in [6.07, 6.45) is 10.3. The monoisotopic (exact) mass is 884 g/mol. The Morgan fingerprint density at radius 2 is 0.621 bits per heavy atom. The molecule has 290 valence electrons. The fourth-order valence-corrected chi connectivity index (χ4v) is 12.1. The summed E-state index contributed by atoms with van der Waals surface area (Å²) >= 11 is 7.38. The first kappa shape index (κ1) is 36.7. The van der Waals surface area contributed by atoms with E-state index in [0.717, 1.165) is 20.3 Å². The highest BCUT2D eigenvalue weighted by Crippen LogP contribution is 2.59. The van der Waals surface area contributed by atoms with E-state index in [1.807, 2.05) is 0 Å². The third-order valence-electron chi connectivity index (χ3n) is 15.5. The van der Waals surface area contributed by atoms with Crippen LogP contribution in [0.1, 0.15) is 101 Å². The normalized spacial score (nSPS) is 25.5. The van der Waals surface area contributed by atoms with Gasteiger partial charge in [0.2, 0.25) is 0 Å². The van der Waals surface area contributed by atoms with Crippen LogP contribution >= 0.6 is 31.9 Å². The molecule has 4 bridgehead atoms. The first-order chi connectivity index (χ1) is 27.9. The van der Waals surface area contributed by atoms with Gasteiger partial charge in [-0.2, -0.15) is 0 Å². The predicted molar refractivity (Wildman–Crippen MR) is 253 cm³/mol. The highest BCUT2D eigenvalue weighted by atomic mass is 79.9. The van der Waals surface area contributed by atoms with E-state index in [1.54, 1.807) is 22.3 Å². The van der Waals surface area contributed by atoms with Gasteiger partial charge in [-0.05, 0) is 214 Å². The number of hydrogen-bond donors (Lipinski definition) is 0. The molecule has 0 saturated heterocycles. The maximum Gasteiger partial charge on any atom is 0.0468 e. The molecule has 0 spiro atoms. The van der Waals surface area contributed by atoms with Crippen LogP contribution in [0.4, 0.5) is 34.1 Å². The Hall–Kier alpha value is -4.38. The molecule has 6 aliphatic rings. The molecular formula is C54H50Br2N2. The molecule has 0 atom stereocenters. The Bertz CT molecular complexity index is 2580. The molecule has 0 heterocycles. The van der Waals surface area contributed by atoms with Gasteiger partial charge < -0.3 is 9.80 Å². The van der Waals surface area contributed by atoms with Crippen molar-refractivity contribution in [3.8, 4) is 0 Å². The van der Waals surface area contributed by atoms with Crippen LogP contribution in [-0.2, 0) is 21.7 Å². The molecule has 13 rings (SSSR count). The van der Waals surface area contributed by atoms with Gasteiger partial charge in [0.25, 0.3) is 0 Å². The van der Waals surface area contributed by atoms with Crippen LogP contribution < -0.4 is 9.80 Å². The van der Waals surface area contributed by atoms with Gasteiger partial charge in [0.05, 0.1) is 0 Å². The zero-order valence-corrected chi connectivity index (χ0v) is 37.2. The van der Waals surface area contributed by atoms with Crippen molar-refractivity contribution < 1.29 is 0 Å². The zero-order valence-electron chi connectivity index (χ0n) is 34.0. The molecule has 0 aliphatic heterocycles. The molecule has 7 aromatic rings. The Morgan fingerprint density at radius 3 is 0.983 bits per heavy atom. The lowest BCUT2D eigenvalue weighted by molar-refractivity contribution is 0.188. The number of fused-ring (bicyclic) bond motifs is 7. The third-order valence-corrected chi connectivity index (χ3v) is 16.6. The largest absolute Gasteiger partial charge is 0.310 e. The molecule has 2 saturated carbocycles. The minimum Gasteiger partial charge on any atom is -0.310 e. The van der Waals surface area contributed by atoms with Crippen LogP contribution in [0.5, 0.6) is 0 Å². The molecule has 0 amide bonds. The average Bonchev–Trinajstić information content (AvgIpc) is 3.24. The van der Waals surface area contributed by atoms with Crippen LogP contribution in [0.15, 0.2) is 142 Å². The maximum atomic E-state index is 3.69.